The molecule has 0 aromatic rings. The predicted molar refractivity (Wildman–Crippen MR) is 64.7 cm³/mol. The summed E-state index contributed by atoms with van der Waals surface area (Å²) < 4.78 is 0. The summed E-state index contributed by atoms with van der Waals surface area (Å²) in [7, 11) is 0. The molecule has 0 aliphatic heterocycles. The summed E-state index contributed by atoms with van der Waals surface area (Å²) >= 11 is 8.37. The summed E-state index contributed by atoms with van der Waals surface area (Å²) in [6, 6.07) is 0. The van der Waals surface area contributed by atoms with E-state index in [1.54, 1.807) is 4.90 Å². The van der Waals surface area contributed by atoms with Gasteiger partial charge < -0.3 is 20.8 Å². The van der Waals surface area contributed by atoms with Gasteiger partial charge in [0.1, 0.15) is 0 Å². The number of rotatable bonds is 2. The van der Waals surface area contributed by atoms with Crippen LogP contribution in [0.25, 0.3) is 0 Å². The number of hydrogen-bond acceptors (Lipinski definition) is 2. The quantitative estimate of drug-likeness (QED) is 0.484. The summed E-state index contributed by atoms with van der Waals surface area (Å²) in [6.45, 7) is 5.47. The van der Waals surface area contributed by atoms with Crippen molar-refractivity contribution in [3.05, 3.63) is 0 Å². The topological polar surface area (TPSA) is 69.7 Å². The maximum atomic E-state index is 8.67. The van der Waals surface area contributed by atoms with E-state index in [-0.39, 0.29) is 56.6 Å². The van der Waals surface area contributed by atoms with Gasteiger partial charge in [0.2, 0.25) is 0 Å². The van der Waals surface area contributed by atoms with E-state index >= 15 is 0 Å². The first-order valence-electron chi connectivity index (χ1n) is 3.41. The van der Waals surface area contributed by atoms with Crippen molar-refractivity contribution >= 4 is 86.2 Å². The Bertz CT molecular complexity index is 150. The van der Waals surface area contributed by atoms with E-state index in [0.29, 0.717) is 0 Å². The van der Waals surface area contributed by atoms with Gasteiger partial charge in [-0.25, -0.2) is 0 Å². The van der Waals surface area contributed by atoms with Gasteiger partial charge in [-0.15, -0.1) is 0 Å². The summed E-state index contributed by atoms with van der Waals surface area (Å²) in [5, 5.41) is 15.7. The zero-order valence-corrected chi connectivity index (χ0v) is 8.78. The molecule has 0 fully saturated rings. The van der Waals surface area contributed by atoms with Crippen LogP contribution in [0.5, 0.6) is 0 Å². The zero-order chi connectivity index (χ0) is 10.1. The van der Waals surface area contributed by atoms with Gasteiger partial charge in [-0.1, -0.05) is 0 Å². The molecule has 4 nitrogen and oxygen atoms in total. The molecule has 0 rings (SSSR count). The van der Waals surface area contributed by atoms with Crippen molar-refractivity contribution < 1.29 is 10.2 Å². The summed E-state index contributed by atoms with van der Waals surface area (Å²) in [4.78, 5) is 1.70. The van der Waals surface area contributed by atoms with E-state index in [2.05, 4.69) is 30.2 Å². The van der Waals surface area contributed by atoms with Crippen LogP contribution < -0.4 is 5.73 Å². The fraction of sp³-hybridized carbons (Fsp3) is 0.667. The number of nitrogens with two attached hydrogens (primary N) is 1. The molecule has 0 aliphatic carbocycles. The minimum atomic E-state index is -0.500. The number of nitrogens with zero attached hydrogens (tertiary/aromatic N) is 1. The number of hydrogen-bond donors (Lipinski definition) is 3. The monoisotopic (exact) mass is 250 g/mol. The molecule has 7 heteroatoms. The van der Waals surface area contributed by atoms with Crippen molar-refractivity contribution in [2.24, 2.45) is 5.73 Å². The van der Waals surface area contributed by atoms with Gasteiger partial charge in [-0.2, -0.15) is 0 Å². The van der Waals surface area contributed by atoms with Gasteiger partial charge in [0.05, 0.1) is 0 Å². The van der Waals surface area contributed by atoms with Crippen LogP contribution in [0.3, 0.4) is 0 Å². The Labute approximate surface area is 132 Å². The van der Waals surface area contributed by atoms with Crippen molar-refractivity contribution in [1.82, 2.24) is 4.90 Å². The molecule has 0 unspecified atom stereocenters. The van der Waals surface area contributed by atoms with Crippen molar-refractivity contribution in [1.29, 1.82) is 0 Å². The molecule has 0 aliphatic rings. The Hall–Kier alpha value is 1.02. The average Bonchev–Trinajstić information content (AvgIpc) is 1.87. The van der Waals surface area contributed by atoms with E-state index in [1.165, 1.54) is 0 Å². The van der Waals surface area contributed by atoms with Crippen LogP contribution in [-0.2, 0) is 0 Å². The molecular formula is C6H15KN2O2S2. The molecule has 0 spiro atoms. The van der Waals surface area contributed by atoms with Crippen molar-refractivity contribution in [3.63, 3.8) is 0 Å². The van der Waals surface area contributed by atoms with Crippen LogP contribution >= 0.6 is 24.4 Å². The molecule has 0 saturated carbocycles. The van der Waals surface area contributed by atoms with E-state index in [9.17, 15) is 0 Å². The second kappa shape index (κ2) is 13.0. The first kappa shape index (κ1) is 19.6. The third-order valence-corrected chi connectivity index (χ3v) is 1.29. The molecule has 0 saturated heterocycles. The molecule has 0 radical (unpaired) electrons. The molecule has 0 aromatic carbocycles. The summed E-state index contributed by atoms with van der Waals surface area (Å²) in [5.74, 6) is 0. The fourth-order valence-corrected chi connectivity index (χ4v) is 0.752. The van der Waals surface area contributed by atoms with E-state index < -0.39 is 5.17 Å². The van der Waals surface area contributed by atoms with Crippen molar-refractivity contribution in [2.75, 3.05) is 13.1 Å². The number of aliphatic hydroxyl groups is 2. The van der Waals surface area contributed by atoms with Gasteiger partial charge in [-0.05, 0) is 38.3 Å². The van der Waals surface area contributed by atoms with Crippen LogP contribution in [0.4, 0.5) is 0 Å². The molecule has 0 atom stereocenters. The Balaban J connectivity index is -0.000000173. The van der Waals surface area contributed by atoms with E-state index in [0.717, 1.165) is 13.1 Å². The number of aliphatic hydroxyl groups excluding tert-OH is 2. The van der Waals surface area contributed by atoms with Gasteiger partial charge >= 0.3 is 51.4 Å². The number of thiocarbonyl (C=S) groups is 2. The second-order valence-corrected chi connectivity index (χ2v) is 2.58. The van der Waals surface area contributed by atoms with Gasteiger partial charge in [0.25, 0.3) is 10.3 Å². The summed E-state index contributed by atoms with van der Waals surface area (Å²) in [6.07, 6.45) is 0. The Morgan fingerprint density at radius 2 is 1.46 bits per heavy atom. The van der Waals surface area contributed by atoms with Crippen molar-refractivity contribution in [2.45, 2.75) is 13.8 Å². The van der Waals surface area contributed by atoms with Gasteiger partial charge in [0, 0.05) is 13.1 Å². The summed E-state index contributed by atoms with van der Waals surface area (Å²) in [5.41, 5.74) is 4.40. The molecule has 0 heterocycles. The molecule has 13 heavy (non-hydrogen) atoms. The van der Waals surface area contributed by atoms with Crippen LogP contribution in [0.15, 0.2) is 0 Å². The normalized spacial score (nSPS) is 7.23. The first-order valence-corrected chi connectivity index (χ1v) is 4.23. The molecule has 74 valence electrons. The maximum absolute atomic E-state index is 8.67. The van der Waals surface area contributed by atoms with Crippen molar-refractivity contribution in [3.8, 4) is 0 Å². The third-order valence-electron chi connectivity index (χ3n) is 1.03. The third kappa shape index (κ3) is 19.4. The van der Waals surface area contributed by atoms with E-state index in [1.807, 2.05) is 13.8 Å². The molecule has 4 N–H and O–H groups in total. The first-order chi connectivity index (χ1) is 5.45. The van der Waals surface area contributed by atoms with Crippen LogP contribution in [0, 0.1) is 0 Å². The van der Waals surface area contributed by atoms with Crippen LogP contribution in [0.2, 0.25) is 0 Å². The van der Waals surface area contributed by atoms with Gasteiger partial charge in [-0.3, -0.25) is 0 Å². The molecular weight excluding hydrogens is 235 g/mol. The Morgan fingerprint density at radius 1 is 1.23 bits per heavy atom. The molecule has 0 aromatic heterocycles. The Morgan fingerprint density at radius 3 is 1.46 bits per heavy atom. The fourth-order valence-electron chi connectivity index (χ4n) is 0.494. The van der Waals surface area contributed by atoms with Gasteiger partial charge in [0.15, 0.2) is 0 Å². The van der Waals surface area contributed by atoms with E-state index in [4.69, 9.17) is 10.2 Å². The minimum absolute atomic E-state index is 0. The standard InChI is InChI=1S/C5H11NOS.CH3NOS.K.H/c1-3-6(4-2)5(7)8;2-1(3)4;;/h3-4H2,1-2H3,(H,7,8);(H3,2,3,4);;. The zero-order valence-electron chi connectivity index (χ0n) is 7.15. The Kier molecular flexibility index (Phi) is 19.6. The van der Waals surface area contributed by atoms with Crippen LogP contribution in [0.1, 0.15) is 13.8 Å². The van der Waals surface area contributed by atoms with Crippen LogP contribution in [-0.4, -0.2) is 89.9 Å². The predicted octanol–water partition coefficient (Wildman–Crippen LogP) is 0.311. The average molecular weight is 250 g/mol. The molecule has 0 amide bonds. The SMILES string of the molecule is CCN(CC)C(O)=S.NC(O)=S.[KH]. The molecule has 0 bridgehead atoms. The second-order valence-electron chi connectivity index (χ2n) is 1.79.